The number of benzene rings is 3. The molecule has 0 fully saturated rings. The van der Waals surface area contributed by atoms with Crippen molar-refractivity contribution in [3.8, 4) is 5.75 Å². The number of para-hydroxylation sites is 1. The van der Waals surface area contributed by atoms with Crippen molar-refractivity contribution in [1.29, 1.82) is 0 Å². The van der Waals surface area contributed by atoms with Gasteiger partial charge in [-0.05, 0) is 66.1 Å². The average molecular weight is 380 g/mol. The molecule has 3 heteroatoms. The highest BCUT2D eigenvalue weighted by atomic mass is 79.9. The molecule has 0 aromatic heterocycles. The largest absolute Gasteiger partial charge is 0.489 e. The van der Waals surface area contributed by atoms with Gasteiger partial charge in [-0.3, -0.25) is 4.99 Å². The Balaban J connectivity index is 1.61. The van der Waals surface area contributed by atoms with Gasteiger partial charge in [0.2, 0.25) is 0 Å². The van der Waals surface area contributed by atoms with E-state index in [0.29, 0.717) is 6.61 Å². The molecule has 120 valence electrons. The van der Waals surface area contributed by atoms with Crippen molar-refractivity contribution in [3.63, 3.8) is 0 Å². The van der Waals surface area contributed by atoms with Crippen molar-refractivity contribution in [2.24, 2.45) is 4.99 Å². The molecule has 0 aliphatic heterocycles. The van der Waals surface area contributed by atoms with Crippen LogP contribution in [0.2, 0.25) is 0 Å². The molecule has 0 spiro atoms. The number of rotatable bonds is 5. The molecule has 0 unspecified atom stereocenters. The second kappa shape index (κ2) is 7.93. The van der Waals surface area contributed by atoms with Crippen LogP contribution >= 0.6 is 15.9 Å². The smallest absolute Gasteiger partial charge is 0.119 e. The summed E-state index contributed by atoms with van der Waals surface area (Å²) in [7, 11) is 0. The highest BCUT2D eigenvalue weighted by molar-refractivity contribution is 9.10. The molecule has 0 amide bonds. The standard InChI is InChI=1S/C21H18BrNO/c1-16-4-2-3-5-21(16)23-14-17-8-12-20(13-9-17)24-15-18-6-10-19(22)11-7-18/h2-14H,15H2,1H3. The SMILES string of the molecule is Cc1ccccc1N=Cc1ccc(OCc2ccc(Br)cc2)cc1. The fourth-order valence-electron chi connectivity index (χ4n) is 2.25. The van der Waals surface area contributed by atoms with Gasteiger partial charge in [0, 0.05) is 10.7 Å². The Morgan fingerprint density at radius 3 is 2.33 bits per heavy atom. The predicted molar refractivity (Wildman–Crippen MR) is 103 cm³/mol. The maximum atomic E-state index is 5.81. The number of hydrogen-bond acceptors (Lipinski definition) is 2. The fraction of sp³-hybridized carbons (Fsp3) is 0.0952. The summed E-state index contributed by atoms with van der Waals surface area (Å²) in [6.45, 7) is 2.62. The summed E-state index contributed by atoms with van der Waals surface area (Å²) >= 11 is 3.43. The van der Waals surface area contributed by atoms with Crippen molar-refractivity contribution in [2.45, 2.75) is 13.5 Å². The third-order valence-corrected chi connectivity index (χ3v) is 4.20. The number of aryl methyl sites for hydroxylation is 1. The van der Waals surface area contributed by atoms with E-state index in [2.05, 4.69) is 33.9 Å². The summed E-state index contributed by atoms with van der Waals surface area (Å²) in [4.78, 5) is 4.54. The van der Waals surface area contributed by atoms with E-state index < -0.39 is 0 Å². The summed E-state index contributed by atoms with van der Waals surface area (Å²) in [5.74, 6) is 0.853. The second-order valence-corrected chi connectivity index (χ2v) is 6.44. The second-order valence-electron chi connectivity index (χ2n) is 5.53. The van der Waals surface area contributed by atoms with Crippen LogP contribution in [0.5, 0.6) is 5.75 Å². The lowest BCUT2D eigenvalue weighted by Crippen LogP contribution is -1.95. The van der Waals surface area contributed by atoms with Gasteiger partial charge in [-0.15, -0.1) is 0 Å². The summed E-state index contributed by atoms with van der Waals surface area (Å²) in [6, 6.07) is 24.2. The molecule has 0 bridgehead atoms. The Hall–Kier alpha value is -2.39. The quantitative estimate of drug-likeness (QED) is 0.491. The van der Waals surface area contributed by atoms with Gasteiger partial charge in [0.05, 0.1) is 5.69 Å². The van der Waals surface area contributed by atoms with Crippen LogP contribution in [0, 0.1) is 6.92 Å². The van der Waals surface area contributed by atoms with Crippen molar-refractivity contribution in [2.75, 3.05) is 0 Å². The molecule has 0 heterocycles. The van der Waals surface area contributed by atoms with E-state index in [1.54, 1.807) is 0 Å². The lowest BCUT2D eigenvalue weighted by molar-refractivity contribution is 0.306. The van der Waals surface area contributed by atoms with Crippen LogP contribution in [-0.2, 0) is 6.61 Å². The summed E-state index contributed by atoms with van der Waals surface area (Å²) in [5, 5.41) is 0. The number of aliphatic imine (C=N–C) groups is 1. The first-order chi connectivity index (χ1) is 11.7. The third kappa shape index (κ3) is 4.56. The van der Waals surface area contributed by atoms with E-state index in [1.807, 2.05) is 72.9 Å². The molecular formula is C21H18BrNO. The van der Waals surface area contributed by atoms with Crippen LogP contribution in [0.4, 0.5) is 5.69 Å². The van der Waals surface area contributed by atoms with Crippen molar-refractivity contribution < 1.29 is 4.74 Å². The topological polar surface area (TPSA) is 21.6 Å². The van der Waals surface area contributed by atoms with E-state index in [9.17, 15) is 0 Å². The van der Waals surface area contributed by atoms with Gasteiger partial charge in [-0.2, -0.15) is 0 Å². The molecule has 0 aliphatic carbocycles. The minimum absolute atomic E-state index is 0.559. The summed E-state index contributed by atoms with van der Waals surface area (Å²) < 4.78 is 6.88. The van der Waals surface area contributed by atoms with E-state index in [0.717, 1.165) is 27.0 Å². The highest BCUT2D eigenvalue weighted by Crippen LogP contribution is 2.18. The molecular weight excluding hydrogens is 362 g/mol. The monoisotopic (exact) mass is 379 g/mol. The van der Waals surface area contributed by atoms with E-state index >= 15 is 0 Å². The predicted octanol–water partition coefficient (Wildman–Crippen LogP) is 6.09. The van der Waals surface area contributed by atoms with E-state index in [-0.39, 0.29) is 0 Å². The molecule has 0 atom stereocenters. The van der Waals surface area contributed by atoms with Crippen LogP contribution in [0.1, 0.15) is 16.7 Å². The zero-order valence-electron chi connectivity index (χ0n) is 13.4. The maximum absolute atomic E-state index is 5.81. The van der Waals surface area contributed by atoms with Gasteiger partial charge in [-0.25, -0.2) is 0 Å². The fourth-order valence-corrected chi connectivity index (χ4v) is 2.51. The van der Waals surface area contributed by atoms with Crippen LogP contribution < -0.4 is 4.74 Å². The number of nitrogens with zero attached hydrogens (tertiary/aromatic N) is 1. The molecule has 0 aliphatic rings. The molecule has 0 radical (unpaired) electrons. The molecule has 0 N–H and O–H groups in total. The van der Waals surface area contributed by atoms with E-state index in [1.165, 1.54) is 5.56 Å². The van der Waals surface area contributed by atoms with Crippen molar-refractivity contribution in [3.05, 3.63) is 94.0 Å². The van der Waals surface area contributed by atoms with Crippen LogP contribution in [0.3, 0.4) is 0 Å². The lowest BCUT2D eigenvalue weighted by Gasteiger charge is -2.06. The Morgan fingerprint density at radius 2 is 1.62 bits per heavy atom. The first-order valence-corrected chi connectivity index (χ1v) is 8.57. The van der Waals surface area contributed by atoms with Gasteiger partial charge < -0.3 is 4.74 Å². The van der Waals surface area contributed by atoms with Crippen LogP contribution in [0.25, 0.3) is 0 Å². The zero-order valence-corrected chi connectivity index (χ0v) is 15.0. The van der Waals surface area contributed by atoms with Crippen LogP contribution in [0.15, 0.2) is 82.3 Å². The molecule has 3 aromatic rings. The third-order valence-electron chi connectivity index (χ3n) is 3.67. The molecule has 2 nitrogen and oxygen atoms in total. The van der Waals surface area contributed by atoms with Gasteiger partial charge in [-0.1, -0.05) is 46.3 Å². The molecule has 0 saturated heterocycles. The van der Waals surface area contributed by atoms with Crippen LogP contribution in [-0.4, -0.2) is 6.21 Å². The van der Waals surface area contributed by atoms with Gasteiger partial charge in [0.25, 0.3) is 0 Å². The number of hydrogen-bond donors (Lipinski definition) is 0. The Morgan fingerprint density at radius 1 is 0.917 bits per heavy atom. The van der Waals surface area contributed by atoms with Crippen molar-refractivity contribution >= 4 is 27.8 Å². The maximum Gasteiger partial charge on any atom is 0.119 e. The molecule has 3 rings (SSSR count). The number of halogens is 1. The average Bonchev–Trinajstić information content (AvgIpc) is 2.61. The normalized spacial score (nSPS) is 10.9. The van der Waals surface area contributed by atoms with Crippen molar-refractivity contribution in [1.82, 2.24) is 0 Å². The first kappa shape index (κ1) is 16.5. The zero-order chi connectivity index (χ0) is 16.8. The Kier molecular flexibility index (Phi) is 5.44. The summed E-state index contributed by atoms with van der Waals surface area (Å²) in [6.07, 6.45) is 1.88. The minimum Gasteiger partial charge on any atom is -0.489 e. The summed E-state index contributed by atoms with van der Waals surface area (Å²) in [5.41, 5.74) is 4.36. The van der Waals surface area contributed by atoms with Gasteiger partial charge in [0.15, 0.2) is 0 Å². The molecule has 3 aromatic carbocycles. The molecule has 24 heavy (non-hydrogen) atoms. The highest BCUT2D eigenvalue weighted by Gasteiger charge is 1.97. The first-order valence-electron chi connectivity index (χ1n) is 7.78. The van der Waals surface area contributed by atoms with E-state index in [4.69, 9.17) is 4.74 Å². The number of ether oxygens (including phenoxy) is 1. The Bertz CT molecular complexity index is 823. The minimum atomic E-state index is 0.559. The molecule has 0 saturated carbocycles. The van der Waals surface area contributed by atoms with Gasteiger partial charge >= 0.3 is 0 Å². The Labute approximate surface area is 151 Å². The lowest BCUT2D eigenvalue weighted by atomic mass is 10.2. The van der Waals surface area contributed by atoms with Gasteiger partial charge in [0.1, 0.15) is 12.4 Å².